The molecule has 1 aromatic carbocycles. The van der Waals surface area contributed by atoms with Crippen LogP contribution >= 0.6 is 11.6 Å². The molecule has 0 spiro atoms. The molecule has 0 aromatic heterocycles. The van der Waals surface area contributed by atoms with E-state index in [1.807, 2.05) is 26.0 Å². The van der Waals surface area contributed by atoms with Gasteiger partial charge in [-0.25, -0.2) is 0 Å². The summed E-state index contributed by atoms with van der Waals surface area (Å²) >= 11 is 5.79. The maximum atomic E-state index is 10.0. The van der Waals surface area contributed by atoms with Crippen molar-refractivity contribution < 1.29 is 10.2 Å². The van der Waals surface area contributed by atoms with Gasteiger partial charge in [0.2, 0.25) is 0 Å². The first-order chi connectivity index (χ1) is 8.08. The molecule has 1 aromatic rings. The molecule has 2 nitrogen and oxygen atoms in total. The second-order valence-electron chi connectivity index (χ2n) is 4.47. The second-order valence-corrected chi connectivity index (χ2v) is 4.90. The third-order valence-electron chi connectivity index (χ3n) is 3.28. The minimum atomic E-state index is -0.707. The first-order valence-corrected chi connectivity index (χ1v) is 6.56. The largest absolute Gasteiger partial charge is 0.390 e. The molecule has 0 amide bonds. The maximum absolute atomic E-state index is 10.0. The number of benzene rings is 1. The number of rotatable bonds is 6. The van der Waals surface area contributed by atoms with Crippen LogP contribution in [0.25, 0.3) is 0 Å². The number of halogens is 1. The molecule has 0 saturated carbocycles. The molecule has 0 aliphatic carbocycles. The van der Waals surface area contributed by atoms with Crippen molar-refractivity contribution in [1.82, 2.24) is 0 Å². The smallest absolute Gasteiger partial charge is 0.0842 e. The lowest BCUT2D eigenvalue weighted by Crippen LogP contribution is -2.34. The highest BCUT2D eigenvalue weighted by Crippen LogP contribution is 2.19. The fourth-order valence-electron chi connectivity index (χ4n) is 2.07. The van der Waals surface area contributed by atoms with Crippen molar-refractivity contribution in [3.05, 3.63) is 34.9 Å². The van der Waals surface area contributed by atoms with E-state index in [0.29, 0.717) is 11.4 Å². The number of hydrogen-bond acceptors (Lipinski definition) is 2. The predicted octanol–water partition coefficient (Wildman–Crippen LogP) is 3.04. The summed E-state index contributed by atoms with van der Waals surface area (Å²) in [5.74, 6) is 0.164. The highest BCUT2D eigenvalue weighted by atomic mass is 35.5. The highest BCUT2D eigenvalue weighted by Gasteiger charge is 2.23. The molecule has 0 saturated heterocycles. The van der Waals surface area contributed by atoms with E-state index in [-0.39, 0.29) is 5.92 Å². The molecule has 2 N–H and O–H groups in total. The Kier molecular flexibility index (Phi) is 5.96. The summed E-state index contributed by atoms with van der Waals surface area (Å²) in [6, 6.07) is 7.36. The summed E-state index contributed by atoms with van der Waals surface area (Å²) in [6.45, 7) is 4.07. The van der Waals surface area contributed by atoms with Crippen molar-refractivity contribution in [2.24, 2.45) is 5.92 Å². The van der Waals surface area contributed by atoms with E-state index in [2.05, 4.69) is 0 Å². The molecule has 3 heteroatoms. The van der Waals surface area contributed by atoms with E-state index >= 15 is 0 Å². The van der Waals surface area contributed by atoms with Gasteiger partial charge in [-0.15, -0.1) is 0 Å². The summed E-state index contributed by atoms with van der Waals surface area (Å²) in [6.07, 6.45) is 0.876. The lowest BCUT2D eigenvalue weighted by Gasteiger charge is -2.25. The van der Waals surface area contributed by atoms with Crippen molar-refractivity contribution in [1.29, 1.82) is 0 Å². The van der Waals surface area contributed by atoms with Crippen LogP contribution in [0.2, 0.25) is 5.02 Å². The third kappa shape index (κ3) is 4.30. The minimum absolute atomic E-state index is 0.164. The first kappa shape index (κ1) is 14.5. The molecule has 17 heavy (non-hydrogen) atoms. The van der Waals surface area contributed by atoms with Gasteiger partial charge in [0.25, 0.3) is 0 Å². The van der Waals surface area contributed by atoms with E-state index in [1.54, 1.807) is 12.1 Å². The average molecular weight is 257 g/mol. The normalized spacial score (nSPS) is 14.9. The Bertz CT molecular complexity index is 319. The first-order valence-electron chi connectivity index (χ1n) is 6.19. The standard InChI is InChI=1S/C14H21ClO2/c1-3-11(4-2)14(17)13(16)9-10-5-7-12(15)8-6-10/h5-8,11,13-14,16-17H,3-4,9H2,1-2H3. The Labute approximate surface area is 108 Å². The molecule has 96 valence electrons. The maximum Gasteiger partial charge on any atom is 0.0842 e. The lowest BCUT2D eigenvalue weighted by atomic mass is 9.90. The second kappa shape index (κ2) is 7.00. The quantitative estimate of drug-likeness (QED) is 0.821. The molecule has 2 unspecified atom stereocenters. The van der Waals surface area contributed by atoms with Gasteiger partial charge in [-0.2, -0.15) is 0 Å². The van der Waals surface area contributed by atoms with Crippen LogP contribution < -0.4 is 0 Å². The summed E-state index contributed by atoms with van der Waals surface area (Å²) in [5.41, 5.74) is 0.993. The van der Waals surface area contributed by atoms with Gasteiger partial charge < -0.3 is 10.2 Å². The van der Waals surface area contributed by atoms with Crippen molar-refractivity contribution in [3.8, 4) is 0 Å². The molecular weight excluding hydrogens is 236 g/mol. The van der Waals surface area contributed by atoms with Crippen molar-refractivity contribution >= 4 is 11.6 Å². The van der Waals surface area contributed by atoms with Crippen LogP contribution in [-0.2, 0) is 6.42 Å². The fraction of sp³-hybridized carbons (Fsp3) is 0.571. The summed E-state index contributed by atoms with van der Waals surface area (Å²) in [5, 5.41) is 20.7. The Morgan fingerprint density at radius 3 is 2.06 bits per heavy atom. The number of aliphatic hydroxyl groups excluding tert-OH is 2. The Hall–Kier alpha value is -0.570. The molecule has 0 fully saturated rings. The van der Waals surface area contributed by atoms with Gasteiger partial charge in [0, 0.05) is 11.4 Å². The van der Waals surface area contributed by atoms with Crippen LogP contribution in [0.1, 0.15) is 32.3 Å². The molecule has 0 bridgehead atoms. The monoisotopic (exact) mass is 256 g/mol. The molecule has 0 radical (unpaired) electrons. The highest BCUT2D eigenvalue weighted by molar-refractivity contribution is 6.30. The zero-order valence-corrected chi connectivity index (χ0v) is 11.2. The van der Waals surface area contributed by atoms with E-state index in [4.69, 9.17) is 11.6 Å². The molecule has 2 atom stereocenters. The fourth-order valence-corrected chi connectivity index (χ4v) is 2.19. The van der Waals surface area contributed by atoms with Crippen LogP contribution in [0.3, 0.4) is 0 Å². The van der Waals surface area contributed by atoms with Gasteiger partial charge in [0.15, 0.2) is 0 Å². The Balaban J connectivity index is 2.58. The van der Waals surface area contributed by atoms with E-state index in [0.717, 1.165) is 18.4 Å². The minimum Gasteiger partial charge on any atom is -0.390 e. The van der Waals surface area contributed by atoms with Crippen LogP contribution in [0.5, 0.6) is 0 Å². The molecule has 0 heterocycles. The third-order valence-corrected chi connectivity index (χ3v) is 3.54. The topological polar surface area (TPSA) is 40.5 Å². The predicted molar refractivity (Wildman–Crippen MR) is 71.2 cm³/mol. The van der Waals surface area contributed by atoms with Gasteiger partial charge in [-0.3, -0.25) is 0 Å². The molecule has 0 aliphatic heterocycles. The zero-order chi connectivity index (χ0) is 12.8. The van der Waals surface area contributed by atoms with Crippen LogP contribution in [0, 0.1) is 5.92 Å². The summed E-state index contributed by atoms with van der Waals surface area (Å²) in [7, 11) is 0. The van der Waals surface area contributed by atoms with Crippen LogP contribution in [0.4, 0.5) is 0 Å². The Morgan fingerprint density at radius 1 is 1.06 bits per heavy atom. The van der Waals surface area contributed by atoms with Crippen molar-refractivity contribution in [3.63, 3.8) is 0 Å². The van der Waals surface area contributed by atoms with Crippen LogP contribution in [0.15, 0.2) is 24.3 Å². The van der Waals surface area contributed by atoms with Crippen molar-refractivity contribution in [2.45, 2.75) is 45.3 Å². The Morgan fingerprint density at radius 2 is 1.59 bits per heavy atom. The van der Waals surface area contributed by atoms with Gasteiger partial charge >= 0.3 is 0 Å². The average Bonchev–Trinajstić information content (AvgIpc) is 2.33. The SMILES string of the molecule is CCC(CC)C(O)C(O)Cc1ccc(Cl)cc1. The van der Waals surface area contributed by atoms with Gasteiger partial charge in [-0.05, 0) is 23.6 Å². The number of hydrogen-bond donors (Lipinski definition) is 2. The van der Waals surface area contributed by atoms with E-state index < -0.39 is 12.2 Å². The molecule has 1 rings (SSSR count). The van der Waals surface area contributed by atoms with Gasteiger partial charge in [0.1, 0.15) is 0 Å². The summed E-state index contributed by atoms with van der Waals surface area (Å²) in [4.78, 5) is 0. The molecule has 0 aliphatic rings. The zero-order valence-electron chi connectivity index (χ0n) is 10.4. The summed E-state index contributed by atoms with van der Waals surface area (Å²) < 4.78 is 0. The van der Waals surface area contributed by atoms with E-state index in [1.165, 1.54) is 0 Å². The van der Waals surface area contributed by atoms with Gasteiger partial charge in [-0.1, -0.05) is 50.4 Å². The van der Waals surface area contributed by atoms with Crippen LogP contribution in [-0.4, -0.2) is 22.4 Å². The van der Waals surface area contributed by atoms with Crippen molar-refractivity contribution in [2.75, 3.05) is 0 Å². The van der Waals surface area contributed by atoms with E-state index in [9.17, 15) is 10.2 Å². The number of aliphatic hydroxyl groups is 2. The molecular formula is C14H21ClO2. The van der Waals surface area contributed by atoms with Gasteiger partial charge in [0.05, 0.1) is 12.2 Å². The lowest BCUT2D eigenvalue weighted by molar-refractivity contribution is -0.0187.